The van der Waals surface area contributed by atoms with Crippen LogP contribution in [0.4, 0.5) is 0 Å². The van der Waals surface area contributed by atoms with E-state index < -0.39 is 0 Å². The first-order valence-electron chi connectivity index (χ1n) is 9.62. The summed E-state index contributed by atoms with van der Waals surface area (Å²) in [5.41, 5.74) is 1.23. The number of guanidine groups is 1. The Morgan fingerprint density at radius 2 is 1.88 bits per heavy atom. The van der Waals surface area contributed by atoms with Crippen LogP contribution in [0.15, 0.2) is 29.3 Å². The van der Waals surface area contributed by atoms with Crippen LogP contribution < -0.4 is 5.32 Å². The standard InChI is InChI=1S/C20H34ClN5/c1-5-22-20(25(4)16-18-6-8-19(21)9-7-18)23-14-17(2)15-26-12-10-24(3)11-13-26/h6-9,17H,5,10-16H2,1-4H3,(H,22,23). The summed E-state index contributed by atoms with van der Waals surface area (Å²) in [5.74, 6) is 1.52. The highest BCUT2D eigenvalue weighted by Crippen LogP contribution is 2.11. The number of benzene rings is 1. The fourth-order valence-corrected chi connectivity index (χ4v) is 3.31. The maximum atomic E-state index is 5.98. The molecule has 0 spiro atoms. The quantitative estimate of drug-likeness (QED) is 0.583. The van der Waals surface area contributed by atoms with Crippen LogP contribution in [-0.2, 0) is 6.54 Å². The Labute approximate surface area is 164 Å². The monoisotopic (exact) mass is 379 g/mol. The van der Waals surface area contributed by atoms with Gasteiger partial charge in [0.15, 0.2) is 5.96 Å². The molecule has 0 amide bonds. The topological polar surface area (TPSA) is 34.1 Å². The van der Waals surface area contributed by atoms with E-state index in [0.29, 0.717) is 5.92 Å². The number of hydrogen-bond acceptors (Lipinski definition) is 3. The lowest BCUT2D eigenvalue weighted by molar-refractivity contribution is 0.140. The highest BCUT2D eigenvalue weighted by molar-refractivity contribution is 6.30. The third-order valence-corrected chi connectivity index (χ3v) is 5.00. The van der Waals surface area contributed by atoms with Gasteiger partial charge in [0.05, 0.1) is 0 Å². The molecule has 1 aromatic rings. The van der Waals surface area contributed by atoms with E-state index >= 15 is 0 Å². The van der Waals surface area contributed by atoms with Crippen molar-refractivity contribution in [3.63, 3.8) is 0 Å². The van der Waals surface area contributed by atoms with Gasteiger partial charge in [-0.05, 0) is 37.6 Å². The molecule has 26 heavy (non-hydrogen) atoms. The number of likely N-dealkylation sites (N-methyl/N-ethyl adjacent to an activating group) is 1. The molecule has 0 aliphatic carbocycles. The van der Waals surface area contributed by atoms with E-state index in [2.05, 4.69) is 60.1 Å². The fourth-order valence-electron chi connectivity index (χ4n) is 3.18. The zero-order valence-corrected chi connectivity index (χ0v) is 17.5. The molecule has 1 N–H and O–H groups in total. The molecule has 2 rings (SSSR count). The number of hydrogen-bond donors (Lipinski definition) is 1. The molecule has 1 aliphatic rings. The third kappa shape index (κ3) is 7.14. The first-order valence-corrected chi connectivity index (χ1v) is 10.0. The number of nitrogens with zero attached hydrogens (tertiary/aromatic N) is 4. The van der Waals surface area contributed by atoms with Crippen molar-refractivity contribution in [2.24, 2.45) is 10.9 Å². The van der Waals surface area contributed by atoms with E-state index in [9.17, 15) is 0 Å². The summed E-state index contributed by atoms with van der Waals surface area (Å²) >= 11 is 5.98. The normalized spacial score (nSPS) is 18.0. The average Bonchev–Trinajstić information content (AvgIpc) is 2.62. The van der Waals surface area contributed by atoms with Gasteiger partial charge < -0.3 is 20.0 Å². The molecule has 1 atom stereocenters. The molecule has 1 aromatic carbocycles. The molecule has 0 bridgehead atoms. The largest absolute Gasteiger partial charge is 0.357 e. The van der Waals surface area contributed by atoms with Crippen LogP contribution in [0, 0.1) is 5.92 Å². The van der Waals surface area contributed by atoms with Crippen molar-refractivity contribution >= 4 is 17.6 Å². The molecule has 1 fully saturated rings. The molecule has 1 unspecified atom stereocenters. The van der Waals surface area contributed by atoms with Crippen molar-refractivity contribution in [3.8, 4) is 0 Å². The first kappa shape index (κ1) is 21.0. The van der Waals surface area contributed by atoms with Gasteiger partial charge in [-0.15, -0.1) is 0 Å². The lowest BCUT2D eigenvalue weighted by Gasteiger charge is -2.33. The van der Waals surface area contributed by atoms with Crippen molar-refractivity contribution in [2.75, 3.05) is 59.9 Å². The van der Waals surface area contributed by atoms with Gasteiger partial charge in [-0.2, -0.15) is 0 Å². The van der Waals surface area contributed by atoms with Crippen LogP contribution in [0.2, 0.25) is 5.02 Å². The van der Waals surface area contributed by atoms with Gasteiger partial charge in [0, 0.05) is 64.4 Å². The number of piperazine rings is 1. The molecule has 1 heterocycles. The molecular weight excluding hydrogens is 346 g/mol. The van der Waals surface area contributed by atoms with Crippen molar-refractivity contribution < 1.29 is 0 Å². The SMILES string of the molecule is CCNC(=NCC(C)CN1CCN(C)CC1)N(C)Cc1ccc(Cl)cc1. The lowest BCUT2D eigenvalue weighted by atomic mass is 10.1. The summed E-state index contributed by atoms with van der Waals surface area (Å²) in [6.07, 6.45) is 0. The molecule has 1 aliphatic heterocycles. The summed E-state index contributed by atoms with van der Waals surface area (Å²) in [5, 5.41) is 4.18. The molecular formula is C20H34ClN5. The molecule has 0 saturated carbocycles. The van der Waals surface area contributed by atoms with Crippen molar-refractivity contribution in [2.45, 2.75) is 20.4 Å². The van der Waals surface area contributed by atoms with Crippen molar-refractivity contribution in [1.82, 2.24) is 20.0 Å². The second-order valence-electron chi connectivity index (χ2n) is 7.39. The molecule has 0 aromatic heterocycles. The van der Waals surface area contributed by atoms with E-state index in [4.69, 9.17) is 16.6 Å². The molecule has 146 valence electrons. The van der Waals surface area contributed by atoms with E-state index in [-0.39, 0.29) is 0 Å². The van der Waals surface area contributed by atoms with Crippen LogP contribution in [-0.4, -0.2) is 80.6 Å². The number of nitrogens with one attached hydrogen (secondary N) is 1. The smallest absolute Gasteiger partial charge is 0.193 e. The van der Waals surface area contributed by atoms with Gasteiger partial charge in [-0.25, -0.2) is 0 Å². The maximum absolute atomic E-state index is 5.98. The van der Waals surface area contributed by atoms with Gasteiger partial charge >= 0.3 is 0 Å². The van der Waals surface area contributed by atoms with Gasteiger partial charge in [0.25, 0.3) is 0 Å². The Morgan fingerprint density at radius 3 is 2.50 bits per heavy atom. The van der Waals surface area contributed by atoms with Crippen LogP contribution in [0.1, 0.15) is 19.4 Å². The highest BCUT2D eigenvalue weighted by Gasteiger charge is 2.16. The van der Waals surface area contributed by atoms with Crippen LogP contribution in [0.5, 0.6) is 0 Å². The van der Waals surface area contributed by atoms with E-state index in [1.165, 1.54) is 31.7 Å². The van der Waals surface area contributed by atoms with Gasteiger partial charge in [0.2, 0.25) is 0 Å². The van der Waals surface area contributed by atoms with Gasteiger partial charge in [-0.3, -0.25) is 4.99 Å². The Balaban J connectivity index is 1.86. The second-order valence-corrected chi connectivity index (χ2v) is 7.82. The summed E-state index contributed by atoms with van der Waals surface area (Å²) in [6, 6.07) is 8.01. The van der Waals surface area contributed by atoms with Crippen molar-refractivity contribution in [3.05, 3.63) is 34.9 Å². The minimum Gasteiger partial charge on any atom is -0.357 e. The average molecular weight is 380 g/mol. The Kier molecular flexibility index (Phi) is 8.69. The van der Waals surface area contributed by atoms with Gasteiger partial charge in [-0.1, -0.05) is 30.7 Å². The maximum Gasteiger partial charge on any atom is 0.193 e. The number of aliphatic imine (C=N–C) groups is 1. The van der Waals surface area contributed by atoms with E-state index in [1.807, 2.05) is 12.1 Å². The second kappa shape index (κ2) is 10.8. The third-order valence-electron chi connectivity index (χ3n) is 4.75. The lowest BCUT2D eigenvalue weighted by Crippen LogP contribution is -2.46. The molecule has 5 nitrogen and oxygen atoms in total. The Hall–Kier alpha value is -1.30. The zero-order chi connectivity index (χ0) is 18.9. The predicted octanol–water partition coefficient (Wildman–Crippen LogP) is 2.62. The summed E-state index contributed by atoms with van der Waals surface area (Å²) in [7, 11) is 4.28. The van der Waals surface area contributed by atoms with Crippen LogP contribution >= 0.6 is 11.6 Å². The summed E-state index contributed by atoms with van der Waals surface area (Å²) in [6.45, 7) is 12.7. The number of halogens is 1. The van der Waals surface area contributed by atoms with Crippen LogP contribution in [0.25, 0.3) is 0 Å². The first-order chi connectivity index (χ1) is 12.5. The minimum absolute atomic E-state index is 0.552. The van der Waals surface area contributed by atoms with Crippen molar-refractivity contribution in [1.29, 1.82) is 0 Å². The van der Waals surface area contributed by atoms with Gasteiger partial charge in [0.1, 0.15) is 0 Å². The molecule has 0 radical (unpaired) electrons. The zero-order valence-electron chi connectivity index (χ0n) is 16.7. The molecule has 1 saturated heterocycles. The predicted molar refractivity (Wildman–Crippen MR) is 112 cm³/mol. The fraction of sp³-hybridized carbons (Fsp3) is 0.650. The van der Waals surface area contributed by atoms with E-state index in [0.717, 1.165) is 37.2 Å². The Bertz CT molecular complexity index is 552. The minimum atomic E-state index is 0.552. The summed E-state index contributed by atoms with van der Waals surface area (Å²) < 4.78 is 0. The summed E-state index contributed by atoms with van der Waals surface area (Å²) in [4.78, 5) is 12.0. The number of rotatable bonds is 7. The molecule has 6 heteroatoms. The Morgan fingerprint density at radius 1 is 1.23 bits per heavy atom. The highest BCUT2D eigenvalue weighted by atomic mass is 35.5. The van der Waals surface area contributed by atoms with E-state index in [1.54, 1.807) is 0 Å². The van der Waals surface area contributed by atoms with Crippen LogP contribution in [0.3, 0.4) is 0 Å².